The smallest absolute Gasteiger partial charge is 0.279 e. The molecule has 2 N–H and O–H groups in total. The number of amides is 1. The molecule has 1 spiro atoms. The maximum atomic E-state index is 14.4. The van der Waals surface area contributed by atoms with E-state index in [0.717, 1.165) is 5.39 Å². The summed E-state index contributed by atoms with van der Waals surface area (Å²) >= 11 is 0. The number of aromatic nitrogens is 5. The standard InChI is InChI=1S/C31H36N6O5Si/c1-5-14-36-26-11-10-23(37-29(39)24-9-7-6-8-21(24)18-32-37)17-25(26)31(30(36)40)20(2)28(43(3,4)41)27(42-31)12-15-35-19-22(13-16-38)33-34-35/h5-11,17-20,27-28,38,41H,1,12-16H2,2-4H3/t20-,27+,28-,31+/m0/s1. The van der Waals surface area contributed by atoms with Crippen LogP contribution in [-0.4, -0.2) is 68.2 Å². The fourth-order valence-corrected chi connectivity index (χ4v) is 9.59. The lowest BCUT2D eigenvalue weighted by Crippen LogP contribution is -2.46. The number of aliphatic hydroxyl groups is 1. The van der Waals surface area contributed by atoms with Gasteiger partial charge in [-0.05, 0) is 43.8 Å². The van der Waals surface area contributed by atoms with Crippen molar-refractivity contribution in [1.82, 2.24) is 24.8 Å². The molecule has 2 aromatic heterocycles. The number of aryl methyl sites for hydroxylation is 1. The first-order valence-corrected chi connectivity index (χ1v) is 17.6. The molecule has 1 fully saturated rings. The van der Waals surface area contributed by atoms with Crippen molar-refractivity contribution in [2.24, 2.45) is 5.92 Å². The number of hydrogen-bond donors (Lipinski definition) is 2. The fourth-order valence-electron chi connectivity index (χ4n) is 6.99. The Labute approximate surface area is 250 Å². The van der Waals surface area contributed by atoms with Crippen molar-refractivity contribution < 1.29 is 19.4 Å². The van der Waals surface area contributed by atoms with Crippen LogP contribution in [0, 0.1) is 5.92 Å². The highest BCUT2D eigenvalue weighted by Gasteiger charge is 2.66. The Bertz CT molecular complexity index is 1760. The number of anilines is 1. The Morgan fingerprint density at radius 3 is 2.72 bits per heavy atom. The molecule has 0 unspecified atom stereocenters. The second-order valence-electron chi connectivity index (χ2n) is 11.9. The van der Waals surface area contributed by atoms with E-state index in [1.165, 1.54) is 4.68 Å². The Morgan fingerprint density at radius 1 is 1.19 bits per heavy atom. The Morgan fingerprint density at radius 2 is 1.98 bits per heavy atom. The van der Waals surface area contributed by atoms with Gasteiger partial charge in [-0.25, -0.2) is 0 Å². The molecular formula is C31H36N6O5Si. The van der Waals surface area contributed by atoms with Gasteiger partial charge in [-0.3, -0.25) is 14.3 Å². The first kappa shape index (κ1) is 29.1. The average molecular weight is 601 g/mol. The van der Waals surface area contributed by atoms with E-state index in [1.54, 1.807) is 40.2 Å². The zero-order valence-electron chi connectivity index (χ0n) is 24.6. The van der Waals surface area contributed by atoms with Crippen LogP contribution in [0.3, 0.4) is 0 Å². The van der Waals surface area contributed by atoms with Crippen molar-refractivity contribution in [1.29, 1.82) is 0 Å². The SMILES string of the molecule is C=CCN1C(=O)[C@]2(O[C@H](CCn3cc(CCO)nn3)[C@@H]([Si](C)(C)O)[C@@H]2C)c2cc(-n3ncc4ccccc4c3=O)ccc21. The fraction of sp³-hybridized carbons (Fsp3) is 0.387. The molecule has 4 atom stereocenters. The molecule has 11 nitrogen and oxygen atoms in total. The van der Waals surface area contributed by atoms with Crippen LogP contribution < -0.4 is 10.5 Å². The predicted molar refractivity (Wildman–Crippen MR) is 164 cm³/mol. The van der Waals surface area contributed by atoms with Crippen LogP contribution in [0.1, 0.15) is 24.6 Å². The summed E-state index contributed by atoms with van der Waals surface area (Å²) in [5.74, 6) is -0.565. The number of ether oxygens (including phenoxy) is 1. The van der Waals surface area contributed by atoms with Gasteiger partial charge in [0.05, 0.1) is 34.8 Å². The van der Waals surface area contributed by atoms with Crippen molar-refractivity contribution in [2.75, 3.05) is 18.1 Å². The maximum absolute atomic E-state index is 14.4. The topological polar surface area (TPSA) is 136 Å². The minimum absolute atomic E-state index is 0.0115. The molecule has 0 radical (unpaired) electrons. The van der Waals surface area contributed by atoms with Crippen molar-refractivity contribution in [3.8, 4) is 5.69 Å². The van der Waals surface area contributed by atoms with Gasteiger partial charge in [0.2, 0.25) is 0 Å². The van der Waals surface area contributed by atoms with Crippen molar-refractivity contribution >= 4 is 30.7 Å². The molecule has 43 heavy (non-hydrogen) atoms. The van der Waals surface area contributed by atoms with Gasteiger partial charge in [-0.15, -0.1) is 11.7 Å². The predicted octanol–water partition coefficient (Wildman–Crippen LogP) is 2.93. The summed E-state index contributed by atoms with van der Waals surface area (Å²) in [6, 6.07) is 12.8. The molecule has 12 heteroatoms. The first-order chi connectivity index (χ1) is 20.6. The molecule has 0 bridgehead atoms. The number of benzene rings is 2. The van der Waals surface area contributed by atoms with Gasteiger partial charge in [0.1, 0.15) is 0 Å². The molecule has 1 saturated heterocycles. The molecular weight excluding hydrogens is 564 g/mol. The molecule has 2 aliphatic rings. The van der Waals surface area contributed by atoms with Crippen LogP contribution in [0.25, 0.3) is 16.5 Å². The van der Waals surface area contributed by atoms with Gasteiger partial charge < -0.3 is 19.5 Å². The summed E-state index contributed by atoms with van der Waals surface area (Å²) in [6.07, 6.45) is 5.62. The molecule has 2 aliphatic heterocycles. The van der Waals surface area contributed by atoms with E-state index < -0.39 is 20.0 Å². The second kappa shape index (κ2) is 10.9. The van der Waals surface area contributed by atoms with Crippen LogP contribution in [0.5, 0.6) is 0 Å². The molecule has 224 valence electrons. The van der Waals surface area contributed by atoms with Crippen LogP contribution in [-0.2, 0) is 28.1 Å². The maximum Gasteiger partial charge on any atom is 0.279 e. The van der Waals surface area contributed by atoms with Crippen molar-refractivity contribution in [3.63, 3.8) is 0 Å². The van der Waals surface area contributed by atoms with Crippen LogP contribution in [0.2, 0.25) is 18.6 Å². The Hall–Kier alpha value is -3.97. The van der Waals surface area contributed by atoms with Gasteiger partial charge in [0.15, 0.2) is 13.9 Å². The molecule has 0 saturated carbocycles. The number of rotatable bonds is 9. The number of carbonyl (C=O) groups excluding carboxylic acids is 1. The quantitative estimate of drug-likeness (QED) is 0.221. The van der Waals surface area contributed by atoms with Gasteiger partial charge in [-0.2, -0.15) is 9.78 Å². The summed E-state index contributed by atoms with van der Waals surface area (Å²) in [7, 11) is -2.86. The summed E-state index contributed by atoms with van der Waals surface area (Å²) < 4.78 is 9.94. The third-order valence-electron chi connectivity index (χ3n) is 8.82. The van der Waals surface area contributed by atoms with Gasteiger partial charge in [0, 0.05) is 54.7 Å². The third kappa shape index (κ3) is 4.74. The summed E-state index contributed by atoms with van der Waals surface area (Å²) in [5, 5.41) is 23.3. The third-order valence-corrected chi connectivity index (χ3v) is 11.3. The molecule has 4 heterocycles. The van der Waals surface area contributed by atoms with Gasteiger partial charge >= 0.3 is 0 Å². The summed E-state index contributed by atoms with van der Waals surface area (Å²) in [4.78, 5) is 41.1. The molecule has 2 aromatic carbocycles. The van der Waals surface area contributed by atoms with E-state index >= 15 is 0 Å². The van der Waals surface area contributed by atoms with Gasteiger partial charge in [-0.1, -0.05) is 36.4 Å². The van der Waals surface area contributed by atoms with E-state index in [0.29, 0.717) is 53.9 Å². The molecule has 6 rings (SSSR count). The summed E-state index contributed by atoms with van der Waals surface area (Å²) in [6.45, 7) is 10.4. The molecule has 0 aliphatic carbocycles. The van der Waals surface area contributed by atoms with Crippen LogP contribution in [0.4, 0.5) is 5.69 Å². The zero-order valence-corrected chi connectivity index (χ0v) is 25.6. The molecule has 1 amide bonds. The van der Waals surface area contributed by atoms with E-state index in [1.807, 2.05) is 50.3 Å². The lowest BCUT2D eigenvalue weighted by Gasteiger charge is -2.32. The Kier molecular flexibility index (Phi) is 7.41. The minimum atomic E-state index is -2.86. The van der Waals surface area contributed by atoms with Crippen LogP contribution in [0.15, 0.2) is 72.3 Å². The number of aliphatic hydroxyl groups excluding tert-OH is 1. The largest absolute Gasteiger partial charge is 0.432 e. The monoisotopic (exact) mass is 600 g/mol. The summed E-state index contributed by atoms with van der Waals surface area (Å²) in [5.41, 5.74) is 0.683. The first-order valence-electron chi connectivity index (χ1n) is 14.5. The highest BCUT2D eigenvalue weighted by Crippen LogP contribution is 2.59. The van der Waals surface area contributed by atoms with E-state index in [4.69, 9.17) is 4.74 Å². The normalized spacial score (nSPS) is 23.4. The zero-order chi connectivity index (χ0) is 30.5. The highest BCUT2D eigenvalue weighted by atomic mass is 28.4. The lowest BCUT2D eigenvalue weighted by atomic mass is 9.82. The number of carbonyl (C=O) groups is 1. The number of hydrogen-bond acceptors (Lipinski definition) is 8. The van der Waals surface area contributed by atoms with E-state index in [9.17, 15) is 19.5 Å². The van der Waals surface area contributed by atoms with Crippen LogP contribution >= 0.6 is 0 Å². The number of fused-ring (bicyclic) bond motifs is 3. The average Bonchev–Trinajstić information content (AvgIpc) is 3.62. The van der Waals surface area contributed by atoms with Crippen molar-refractivity contribution in [3.05, 3.63) is 89.1 Å². The van der Waals surface area contributed by atoms with Crippen molar-refractivity contribution in [2.45, 2.75) is 56.7 Å². The lowest BCUT2D eigenvalue weighted by molar-refractivity contribution is -0.145. The molecule has 4 aromatic rings. The van der Waals surface area contributed by atoms with Gasteiger partial charge in [0.25, 0.3) is 11.5 Å². The highest BCUT2D eigenvalue weighted by molar-refractivity contribution is 6.71. The van der Waals surface area contributed by atoms with E-state index in [2.05, 4.69) is 22.0 Å². The second-order valence-corrected chi connectivity index (χ2v) is 15.9. The van der Waals surface area contributed by atoms with E-state index in [-0.39, 0.29) is 29.5 Å². The number of nitrogens with zero attached hydrogens (tertiary/aromatic N) is 6. The minimum Gasteiger partial charge on any atom is -0.432 e. The Balaban J connectivity index is 1.44.